The van der Waals surface area contributed by atoms with Gasteiger partial charge in [0.2, 0.25) is 5.78 Å². The molecule has 0 saturated heterocycles. The summed E-state index contributed by atoms with van der Waals surface area (Å²) in [7, 11) is 1.23. The van der Waals surface area contributed by atoms with E-state index in [1.165, 1.54) is 14.0 Å². The van der Waals surface area contributed by atoms with Crippen molar-refractivity contribution in [2.45, 2.75) is 6.92 Å². The summed E-state index contributed by atoms with van der Waals surface area (Å²) in [4.78, 5) is 24.2. The summed E-state index contributed by atoms with van der Waals surface area (Å²) in [6.07, 6.45) is 0. The van der Waals surface area contributed by atoms with Crippen LogP contribution in [-0.4, -0.2) is 28.9 Å². The molecule has 2 N–H and O–H groups in total. The number of rotatable bonds is 1. The predicted octanol–water partition coefficient (Wildman–Crippen LogP) is 2.70. The van der Waals surface area contributed by atoms with Crippen molar-refractivity contribution in [3.63, 3.8) is 0 Å². The molecule has 100 valence electrons. The number of aromatic hydroxyl groups is 2. The van der Waals surface area contributed by atoms with Crippen LogP contribution in [0.2, 0.25) is 10.0 Å². The molecule has 0 radical (unpaired) electrons. The summed E-state index contributed by atoms with van der Waals surface area (Å²) >= 11 is 11.4. The van der Waals surface area contributed by atoms with Crippen LogP contribution in [-0.2, 0) is 4.74 Å². The molecule has 1 aromatic rings. The minimum absolute atomic E-state index is 0.0214. The van der Waals surface area contributed by atoms with Gasteiger partial charge < -0.3 is 14.9 Å². The summed E-state index contributed by atoms with van der Waals surface area (Å²) in [6, 6.07) is 0. The topological polar surface area (TPSA) is 83.8 Å². The number of carbonyl (C=O) groups excluding carboxylic acids is 2. The molecule has 0 spiro atoms. The zero-order chi connectivity index (χ0) is 14.5. The Kier molecular flexibility index (Phi) is 3.20. The third-order valence-electron chi connectivity index (χ3n) is 2.88. The van der Waals surface area contributed by atoms with Crippen molar-refractivity contribution in [1.82, 2.24) is 0 Å². The van der Waals surface area contributed by atoms with Gasteiger partial charge in [0.1, 0.15) is 21.5 Å². The quantitative estimate of drug-likeness (QED) is 0.779. The summed E-state index contributed by atoms with van der Waals surface area (Å²) in [5.41, 5.74) is -0.748. The summed E-state index contributed by atoms with van der Waals surface area (Å²) in [5.74, 6) is -2.88. The van der Waals surface area contributed by atoms with Gasteiger partial charge in [-0.05, 0) is 6.92 Å². The maximum absolute atomic E-state index is 12.1. The lowest BCUT2D eigenvalue weighted by Crippen LogP contribution is -2.22. The Morgan fingerprint density at radius 3 is 1.79 bits per heavy atom. The highest BCUT2D eigenvalue weighted by Gasteiger charge is 2.38. The molecule has 0 atom stereocenters. The number of benzene rings is 1. The van der Waals surface area contributed by atoms with Crippen molar-refractivity contribution in [3.05, 3.63) is 32.5 Å². The molecule has 1 aromatic carbocycles. The van der Waals surface area contributed by atoms with E-state index in [-0.39, 0.29) is 21.9 Å². The van der Waals surface area contributed by atoms with Crippen molar-refractivity contribution in [3.8, 4) is 11.5 Å². The lowest BCUT2D eigenvalue weighted by atomic mass is 9.87. The molecular formula is C12H8Cl2O5. The normalized spacial score (nSPS) is 14.7. The van der Waals surface area contributed by atoms with Crippen LogP contribution in [0.4, 0.5) is 0 Å². The van der Waals surface area contributed by atoms with Crippen LogP contribution in [0.1, 0.15) is 27.6 Å². The first-order chi connectivity index (χ1) is 8.82. The van der Waals surface area contributed by atoms with Crippen molar-refractivity contribution < 1.29 is 24.5 Å². The Morgan fingerprint density at radius 1 is 0.947 bits per heavy atom. The Balaban J connectivity index is 2.92. The van der Waals surface area contributed by atoms with E-state index in [0.717, 1.165) is 0 Å². The van der Waals surface area contributed by atoms with E-state index in [4.69, 9.17) is 27.9 Å². The van der Waals surface area contributed by atoms with Gasteiger partial charge in [0.05, 0.1) is 18.2 Å². The summed E-state index contributed by atoms with van der Waals surface area (Å²) < 4.78 is 4.85. The van der Waals surface area contributed by atoms with Crippen molar-refractivity contribution in [2.24, 2.45) is 0 Å². The first-order valence-corrected chi connectivity index (χ1v) is 5.85. The van der Waals surface area contributed by atoms with Crippen LogP contribution in [0.25, 0.3) is 0 Å². The first-order valence-electron chi connectivity index (χ1n) is 5.10. The number of halogens is 2. The SMILES string of the molecule is COC1=C(C)C(=O)c2c(O)c(Cl)c(Cl)c(O)c2C1=O. The number of ketones is 2. The third-order valence-corrected chi connectivity index (χ3v) is 3.71. The fraction of sp³-hybridized carbons (Fsp3) is 0.167. The van der Waals surface area contributed by atoms with Crippen molar-refractivity contribution in [1.29, 1.82) is 0 Å². The predicted molar refractivity (Wildman–Crippen MR) is 68.2 cm³/mol. The van der Waals surface area contributed by atoms with Crippen molar-refractivity contribution in [2.75, 3.05) is 7.11 Å². The second kappa shape index (κ2) is 4.43. The van der Waals surface area contributed by atoms with Gasteiger partial charge in [0.25, 0.3) is 0 Å². The van der Waals surface area contributed by atoms with Crippen LogP contribution in [0, 0.1) is 0 Å². The molecule has 0 saturated carbocycles. The summed E-state index contributed by atoms with van der Waals surface area (Å²) in [5, 5.41) is 18.9. The number of phenolic OH excluding ortho intramolecular Hbond substituents is 2. The molecule has 2 rings (SSSR count). The number of phenols is 2. The standard InChI is InChI=1S/C12H8Cl2O5/c1-3-8(15)4-5(11(18)12(3)19-2)10(17)7(14)6(13)9(4)16/h16-17H,1-2H3. The van der Waals surface area contributed by atoms with Gasteiger partial charge in [0, 0.05) is 5.57 Å². The van der Waals surface area contributed by atoms with Gasteiger partial charge in [0.15, 0.2) is 11.5 Å². The van der Waals surface area contributed by atoms with Gasteiger partial charge in [-0.15, -0.1) is 0 Å². The first kappa shape index (κ1) is 13.7. The highest BCUT2D eigenvalue weighted by atomic mass is 35.5. The van der Waals surface area contributed by atoms with Gasteiger partial charge >= 0.3 is 0 Å². The average Bonchev–Trinajstić information content (AvgIpc) is 2.38. The molecule has 0 aromatic heterocycles. The molecule has 0 amide bonds. The number of carbonyl (C=O) groups is 2. The number of methoxy groups -OCH3 is 1. The smallest absolute Gasteiger partial charge is 0.232 e. The Morgan fingerprint density at radius 2 is 1.37 bits per heavy atom. The molecule has 0 aliphatic heterocycles. The fourth-order valence-electron chi connectivity index (χ4n) is 1.93. The largest absolute Gasteiger partial charge is 0.506 e. The van der Waals surface area contributed by atoms with Gasteiger partial charge in [-0.2, -0.15) is 0 Å². The van der Waals surface area contributed by atoms with E-state index in [1.54, 1.807) is 0 Å². The monoisotopic (exact) mass is 302 g/mol. The molecule has 0 heterocycles. The van der Waals surface area contributed by atoms with Crippen LogP contribution in [0.15, 0.2) is 11.3 Å². The van der Waals surface area contributed by atoms with E-state index < -0.39 is 33.7 Å². The van der Waals surface area contributed by atoms with E-state index in [9.17, 15) is 19.8 Å². The van der Waals surface area contributed by atoms with Gasteiger partial charge in [-0.3, -0.25) is 9.59 Å². The minimum Gasteiger partial charge on any atom is -0.506 e. The lowest BCUT2D eigenvalue weighted by Gasteiger charge is -2.21. The maximum atomic E-state index is 12.1. The van der Waals surface area contributed by atoms with Crippen molar-refractivity contribution >= 4 is 34.8 Å². The number of Topliss-reactive ketones (excluding diaryl/α,β-unsaturated/α-hetero) is 2. The molecule has 0 unspecified atom stereocenters. The second-order valence-corrected chi connectivity index (χ2v) is 4.65. The number of ether oxygens (including phenoxy) is 1. The molecule has 19 heavy (non-hydrogen) atoms. The number of fused-ring (bicyclic) bond motifs is 1. The molecule has 1 aliphatic rings. The van der Waals surface area contributed by atoms with Crippen LogP contribution < -0.4 is 0 Å². The molecule has 7 heteroatoms. The van der Waals surface area contributed by atoms with Crippen LogP contribution >= 0.6 is 23.2 Å². The highest BCUT2D eigenvalue weighted by molar-refractivity contribution is 6.45. The highest BCUT2D eigenvalue weighted by Crippen LogP contribution is 2.47. The molecule has 1 aliphatic carbocycles. The van der Waals surface area contributed by atoms with E-state index in [2.05, 4.69) is 0 Å². The van der Waals surface area contributed by atoms with Crippen LogP contribution in [0.3, 0.4) is 0 Å². The van der Waals surface area contributed by atoms with Gasteiger partial charge in [-0.1, -0.05) is 23.2 Å². The maximum Gasteiger partial charge on any atom is 0.232 e. The average molecular weight is 303 g/mol. The molecular weight excluding hydrogens is 295 g/mol. The zero-order valence-corrected chi connectivity index (χ0v) is 11.4. The van der Waals surface area contributed by atoms with E-state index in [0.29, 0.717) is 0 Å². The molecule has 5 nitrogen and oxygen atoms in total. The summed E-state index contributed by atoms with van der Waals surface area (Å²) in [6.45, 7) is 1.38. The lowest BCUT2D eigenvalue weighted by molar-refractivity contribution is 0.0901. The Bertz CT molecular complexity index is 661. The number of hydrogen-bond acceptors (Lipinski definition) is 5. The fourth-order valence-corrected chi connectivity index (χ4v) is 2.29. The zero-order valence-electron chi connectivity index (χ0n) is 9.88. The molecule has 0 fully saturated rings. The number of allylic oxidation sites excluding steroid dienone is 2. The Labute approximate surface area is 118 Å². The van der Waals surface area contributed by atoms with E-state index in [1.807, 2.05) is 0 Å². The Hall–Kier alpha value is -1.72. The number of hydrogen-bond donors (Lipinski definition) is 2. The van der Waals surface area contributed by atoms with Crippen LogP contribution in [0.5, 0.6) is 11.5 Å². The third kappa shape index (κ3) is 1.69. The van der Waals surface area contributed by atoms with Gasteiger partial charge in [-0.25, -0.2) is 0 Å². The minimum atomic E-state index is -0.735. The van der Waals surface area contributed by atoms with E-state index >= 15 is 0 Å². The molecule has 0 bridgehead atoms. The second-order valence-electron chi connectivity index (χ2n) is 3.89.